The lowest BCUT2D eigenvalue weighted by atomic mass is 10.0. The Balaban J connectivity index is 1.29. The van der Waals surface area contributed by atoms with Crippen molar-refractivity contribution >= 4 is 30.7 Å². The third kappa shape index (κ3) is 10.7. The van der Waals surface area contributed by atoms with Gasteiger partial charge in [0.25, 0.3) is 0 Å². The molecule has 4 rings (SSSR count). The van der Waals surface area contributed by atoms with E-state index in [4.69, 9.17) is 24.3 Å². The molecule has 1 aliphatic rings. The first-order chi connectivity index (χ1) is 23.0. The Morgan fingerprint density at radius 2 is 1.77 bits per heavy atom. The summed E-state index contributed by atoms with van der Waals surface area (Å²) in [6.07, 6.45) is 11.5. The molecule has 1 saturated heterocycles. The number of halogens is 1. The molecule has 1 unspecified atom stereocenters. The van der Waals surface area contributed by atoms with Gasteiger partial charge in [-0.1, -0.05) is 89.3 Å². The number of nitrogen functional groups attached to an aromatic ring is 1. The van der Waals surface area contributed by atoms with Gasteiger partial charge in [0.15, 0.2) is 17.0 Å². The molecule has 1 fully saturated rings. The number of anilines is 1. The minimum absolute atomic E-state index is 0.0654. The van der Waals surface area contributed by atoms with Crippen molar-refractivity contribution in [2.45, 2.75) is 122 Å². The molecule has 4 N–H and O–H groups in total. The Hall–Kier alpha value is -3.16. The van der Waals surface area contributed by atoms with E-state index in [1.807, 2.05) is 0 Å². The number of benzene rings is 1. The zero-order valence-electron chi connectivity index (χ0n) is 28.2. The standard InChI is InChI=1S/C33H50FN6O7P/c1-4-5-6-7-8-9-10-11-12-13-17-20-44-31(42)24(2)39-48(43,47-25-18-15-14-16-19-25)45-22-33(3)26(41)21-27(46-33)40-23-36-28-29(35)37-32(34)38-30(28)40/h14-16,18-19,23-24,26-27,41H,4-13,17,20-22H2,1-3H3,(H,39,43)(H2,35,37,38)/t24-,26-,27+,33+,48?/m0/s1. The molecule has 0 amide bonds. The van der Waals surface area contributed by atoms with Crippen molar-refractivity contribution in [3.8, 4) is 5.75 Å². The second kappa shape index (κ2) is 18.0. The van der Waals surface area contributed by atoms with Crippen LogP contribution in [0.5, 0.6) is 5.75 Å². The van der Waals surface area contributed by atoms with E-state index < -0.39 is 43.8 Å². The maximum Gasteiger partial charge on any atom is 0.459 e. The molecule has 1 aliphatic heterocycles. The number of hydrogen-bond acceptors (Lipinski definition) is 11. The van der Waals surface area contributed by atoms with Crippen LogP contribution in [-0.4, -0.2) is 61.6 Å². The molecule has 13 nitrogen and oxygen atoms in total. The third-order valence-electron chi connectivity index (χ3n) is 8.45. The average Bonchev–Trinajstić information content (AvgIpc) is 3.61. The number of fused-ring (bicyclic) bond motifs is 1. The van der Waals surface area contributed by atoms with Crippen molar-refractivity contribution in [2.75, 3.05) is 18.9 Å². The Morgan fingerprint density at radius 1 is 1.12 bits per heavy atom. The lowest BCUT2D eigenvalue weighted by Crippen LogP contribution is -2.42. The summed E-state index contributed by atoms with van der Waals surface area (Å²) in [4.78, 5) is 24.2. The number of aliphatic hydroxyl groups excluding tert-OH is 1. The van der Waals surface area contributed by atoms with Crippen molar-refractivity contribution in [3.05, 3.63) is 42.7 Å². The molecule has 5 atom stereocenters. The smallest absolute Gasteiger partial charge is 0.459 e. The number of hydrogen-bond donors (Lipinski definition) is 3. The number of esters is 1. The average molecular weight is 693 g/mol. The van der Waals surface area contributed by atoms with Crippen molar-refractivity contribution in [2.24, 2.45) is 0 Å². The molecule has 0 aliphatic carbocycles. The highest BCUT2D eigenvalue weighted by Crippen LogP contribution is 2.48. The van der Waals surface area contributed by atoms with Crippen molar-refractivity contribution in [3.63, 3.8) is 0 Å². The number of carbonyl (C=O) groups excluding carboxylic acids is 1. The number of unbranched alkanes of at least 4 members (excludes halogenated alkanes) is 10. The second-order valence-corrected chi connectivity index (χ2v) is 14.3. The summed E-state index contributed by atoms with van der Waals surface area (Å²) in [5.74, 6) is -0.473. The summed E-state index contributed by atoms with van der Waals surface area (Å²) in [6.45, 7) is 5.20. The lowest BCUT2D eigenvalue weighted by molar-refractivity contribution is -0.145. The highest BCUT2D eigenvalue weighted by molar-refractivity contribution is 7.52. The molecule has 0 bridgehead atoms. The molecule has 48 heavy (non-hydrogen) atoms. The van der Waals surface area contributed by atoms with Gasteiger partial charge in [-0.3, -0.25) is 13.9 Å². The summed E-state index contributed by atoms with van der Waals surface area (Å²) in [6, 6.07) is 7.35. The van der Waals surface area contributed by atoms with E-state index >= 15 is 0 Å². The fourth-order valence-corrected chi connectivity index (χ4v) is 7.16. The van der Waals surface area contributed by atoms with E-state index in [2.05, 4.69) is 27.0 Å². The Kier molecular flexibility index (Phi) is 14.1. The van der Waals surface area contributed by atoms with Gasteiger partial charge in [-0.25, -0.2) is 9.55 Å². The van der Waals surface area contributed by atoms with E-state index in [1.54, 1.807) is 37.3 Å². The summed E-state index contributed by atoms with van der Waals surface area (Å²) in [5, 5.41) is 13.7. The predicted octanol–water partition coefficient (Wildman–Crippen LogP) is 6.62. The Morgan fingerprint density at radius 3 is 2.44 bits per heavy atom. The Labute approximate surface area is 281 Å². The van der Waals surface area contributed by atoms with Crippen molar-refractivity contribution in [1.29, 1.82) is 0 Å². The van der Waals surface area contributed by atoms with Gasteiger partial charge in [0, 0.05) is 6.42 Å². The number of aromatic nitrogens is 4. The molecule has 2 aromatic heterocycles. The number of imidazole rings is 1. The van der Waals surface area contributed by atoms with Crippen LogP contribution in [0.15, 0.2) is 36.7 Å². The number of nitrogens with two attached hydrogens (primary N) is 1. The lowest BCUT2D eigenvalue weighted by Gasteiger charge is -2.30. The molecular formula is C33H50FN6O7P. The van der Waals surface area contributed by atoms with Gasteiger partial charge in [-0.15, -0.1) is 0 Å². The van der Waals surface area contributed by atoms with Gasteiger partial charge in [0.05, 0.1) is 25.6 Å². The zero-order chi connectivity index (χ0) is 34.6. The van der Waals surface area contributed by atoms with E-state index in [0.29, 0.717) is 0 Å². The first-order valence-electron chi connectivity index (χ1n) is 17.0. The van der Waals surface area contributed by atoms with Gasteiger partial charge in [-0.05, 0) is 32.4 Å². The van der Waals surface area contributed by atoms with Crippen LogP contribution >= 0.6 is 7.75 Å². The molecular weight excluding hydrogens is 642 g/mol. The molecule has 15 heteroatoms. The molecule has 0 radical (unpaired) electrons. The SMILES string of the molecule is CCCCCCCCCCCCCOC(=O)[C@H](C)NP(=O)(OC[C@@]1(C)O[C@@H](n2cnc3c(N)nc(F)nc32)C[C@@H]1O)Oc1ccccc1. The van der Waals surface area contributed by atoms with Gasteiger partial charge in [-0.2, -0.15) is 19.4 Å². The maximum atomic E-state index is 14.0. The number of nitrogens with one attached hydrogen (secondary N) is 1. The summed E-state index contributed by atoms with van der Waals surface area (Å²) < 4.78 is 52.6. The van der Waals surface area contributed by atoms with E-state index in [1.165, 1.54) is 69.2 Å². The maximum absolute atomic E-state index is 14.0. The van der Waals surface area contributed by atoms with Crippen LogP contribution in [0.4, 0.5) is 10.2 Å². The van der Waals surface area contributed by atoms with Gasteiger partial charge in [0.1, 0.15) is 23.6 Å². The fourth-order valence-electron chi connectivity index (χ4n) is 5.58. The highest BCUT2D eigenvalue weighted by Gasteiger charge is 2.48. The summed E-state index contributed by atoms with van der Waals surface area (Å²) in [5.41, 5.74) is 4.69. The van der Waals surface area contributed by atoms with Crippen LogP contribution in [0, 0.1) is 6.08 Å². The molecule has 3 aromatic rings. The van der Waals surface area contributed by atoms with Crippen molar-refractivity contribution < 1.29 is 37.4 Å². The predicted molar refractivity (Wildman–Crippen MR) is 179 cm³/mol. The number of aliphatic hydroxyl groups is 1. The number of para-hydroxylation sites is 1. The van der Waals surface area contributed by atoms with Crippen LogP contribution in [-0.2, 0) is 23.4 Å². The van der Waals surface area contributed by atoms with Crippen LogP contribution in [0.25, 0.3) is 11.2 Å². The normalized spacial score (nSPS) is 21.3. The highest BCUT2D eigenvalue weighted by atomic mass is 31.2. The van der Waals surface area contributed by atoms with E-state index in [-0.39, 0.29) is 42.4 Å². The largest absolute Gasteiger partial charge is 0.465 e. The molecule has 266 valence electrons. The van der Waals surface area contributed by atoms with Gasteiger partial charge < -0.3 is 24.8 Å². The first-order valence-corrected chi connectivity index (χ1v) is 18.5. The third-order valence-corrected chi connectivity index (χ3v) is 10.1. The number of ether oxygens (including phenoxy) is 2. The molecule has 1 aromatic carbocycles. The fraction of sp³-hybridized carbons (Fsp3) is 0.636. The topological polar surface area (TPSA) is 173 Å². The number of rotatable bonds is 21. The zero-order valence-corrected chi connectivity index (χ0v) is 29.1. The number of nitrogens with zero attached hydrogens (tertiary/aromatic N) is 4. The Bertz CT molecular complexity index is 1500. The van der Waals surface area contributed by atoms with Crippen LogP contribution in [0.2, 0.25) is 0 Å². The van der Waals surface area contributed by atoms with Crippen LogP contribution in [0.3, 0.4) is 0 Å². The van der Waals surface area contributed by atoms with Crippen LogP contribution < -0.4 is 15.3 Å². The van der Waals surface area contributed by atoms with E-state index in [0.717, 1.165) is 19.3 Å². The minimum atomic E-state index is -4.22. The quantitative estimate of drug-likeness (QED) is 0.0472. The minimum Gasteiger partial charge on any atom is -0.465 e. The first kappa shape index (κ1) is 37.7. The molecule has 0 spiro atoms. The van der Waals surface area contributed by atoms with E-state index in [9.17, 15) is 18.9 Å². The molecule has 0 saturated carbocycles. The van der Waals surface area contributed by atoms with Crippen molar-refractivity contribution in [1.82, 2.24) is 24.6 Å². The van der Waals surface area contributed by atoms with Gasteiger partial charge >= 0.3 is 19.8 Å². The van der Waals surface area contributed by atoms with Crippen LogP contribution in [0.1, 0.15) is 104 Å². The summed E-state index contributed by atoms with van der Waals surface area (Å²) >= 11 is 0. The summed E-state index contributed by atoms with van der Waals surface area (Å²) in [7, 11) is -4.22. The monoisotopic (exact) mass is 692 g/mol. The van der Waals surface area contributed by atoms with Gasteiger partial charge in [0.2, 0.25) is 0 Å². The molecule has 3 heterocycles. The second-order valence-electron chi connectivity index (χ2n) is 12.6. The number of carbonyl (C=O) groups is 1.